The van der Waals surface area contributed by atoms with Gasteiger partial charge in [0.25, 0.3) is 0 Å². The van der Waals surface area contributed by atoms with Crippen LogP contribution in [0.5, 0.6) is 0 Å². The van der Waals surface area contributed by atoms with Crippen molar-refractivity contribution in [3.05, 3.63) is 11.0 Å². The molecule has 0 aromatic carbocycles. The van der Waals surface area contributed by atoms with Crippen molar-refractivity contribution >= 4 is 12.6 Å². The SMILES string of the molecule is CC1CC=C(S)C1. The number of hydrogen-bond donors (Lipinski definition) is 1. The first-order valence-electron chi connectivity index (χ1n) is 2.67. The molecule has 1 unspecified atom stereocenters. The van der Waals surface area contributed by atoms with Gasteiger partial charge in [0, 0.05) is 0 Å². The maximum atomic E-state index is 4.21. The van der Waals surface area contributed by atoms with E-state index in [1.54, 1.807) is 0 Å². The molecule has 0 amide bonds. The predicted molar refractivity (Wildman–Crippen MR) is 35.5 cm³/mol. The maximum absolute atomic E-state index is 4.21. The highest BCUT2D eigenvalue weighted by Gasteiger charge is 2.07. The van der Waals surface area contributed by atoms with Gasteiger partial charge in [-0.15, -0.1) is 12.6 Å². The molecule has 0 N–H and O–H groups in total. The van der Waals surface area contributed by atoms with E-state index in [0.29, 0.717) is 0 Å². The van der Waals surface area contributed by atoms with E-state index in [9.17, 15) is 0 Å². The normalized spacial score (nSPS) is 30.6. The molecule has 40 valence electrons. The zero-order valence-corrected chi connectivity index (χ0v) is 5.41. The third kappa shape index (κ3) is 1.23. The van der Waals surface area contributed by atoms with Gasteiger partial charge in [-0.2, -0.15) is 0 Å². The highest BCUT2D eigenvalue weighted by molar-refractivity contribution is 7.84. The molecule has 7 heavy (non-hydrogen) atoms. The van der Waals surface area contributed by atoms with Crippen molar-refractivity contribution in [2.24, 2.45) is 5.92 Å². The van der Waals surface area contributed by atoms with Crippen molar-refractivity contribution < 1.29 is 0 Å². The van der Waals surface area contributed by atoms with Gasteiger partial charge in [-0.1, -0.05) is 13.0 Å². The molecule has 0 aromatic rings. The van der Waals surface area contributed by atoms with Crippen LogP contribution in [0.25, 0.3) is 0 Å². The number of thiol groups is 1. The van der Waals surface area contributed by atoms with Crippen LogP contribution in [0.1, 0.15) is 19.8 Å². The van der Waals surface area contributed by atoms with E-state index in [0.717, 1.165) is 5.92 Å². The highest BCUT2D eigenvalue weighted by Crippen LogP contribution is 2.25. The largest absolute Gasteiger partial charge is 0.148 e. The van der Waals surface area contributed by atoms with E-state index in [4.69, 9.17) is 0 Å². The molecule has 0 saturated heterocycles. The lowest BCUT2D eigenvalue weighted by molar-refractivity contribution is 0.636. The topological polar surface area (TPSA) is 0 Å². The zero-order valence-electron chi connectivity index (χ0n) is 4.52. The summed E-state index contributed by atoms with van der Waals surface area (Å²) in [5, 5.41) is 0. The molecule has 0 fully saturated rings. The monoisotopic (exact) mass is 114 g/mol. The van der Waals surface area contributed by atoms with Crippen molar-refractivity contribution in [1.29, 1.82) is 0 Å². The van der Waals surface area contributed by atoms with Crippen LogP contribution in [0.4, 0.5) is 0 Å². The van der Waals surface area contributed by atoms with Crippen LogP contribution < -0.4 is 0 Å². The van der Waals surface area contributed by atoms with E-state index in [2.05, 4.69) is 25.6 Å². The molecule has 0 nitrogen and oxygen atoms in total. The Morgan fingerprint density at radius 2 is 2.57 bits per heavy atom. The number of hydrogen-bond acceptors (Lipinski definition) is 1. The van der Waals surface area contributed by atoms with Crippen molar-refractivity contribution in [2.75, 3.05) is 0 Å². The van der Waals surface area contributed by atoms with Gasteiger partial charge in [0.05, 0.1) is 0 Å². The minimum Gasteiger partial charge on any atom is -0.148 e. The van der Waals surface area contributed by atoms with Crippen LogP contribution in [-0.4, -0.2) is 0 Å². The van der Waals surface area contributed by atoms with Gasteiger partial charge in [0.1, 0.15) is 0 Å². The Hall–Kier alpha value is 0.0900. The van der Waals surface area contributed by atoms with Crippen molar-refractivity contribution in [3.63, 3.8) is 0 Å². The fourth-order valence-electron chi connectivity index (χ4n) is 0.861. The molecule has 0 heterocycles. The summed E-state index contributed by atoms with van der Waals surface area (Å²) in [6.45, 7) is 2.25. The highest BCUT2D eigenvalue weighted by atomic mass is 32.1. The summed E-state index contributed by atoms with van der Waals surface area (Å²) in [5.41, 5.74) is 0. The molecular formula is C6H10S. The molecule has 0 aliphatic heterocycles. The lowest BCUT2D eigenvalue weighted by atomic mass is 10.1. The van der Waals surface area contributed by atoms with Crippen LogP contribution in [0.2, 0.25) is 0 Å². The second-order valence-corrected chi connectivity index (χ2v) is 2.81. The van der Waals surface area contributed by atoms with E-state index >= 15 is 0 Å². The van der Waals surface area contributed by atoms with Gasteiger partial charge in [0.15, 0.2) is 0 Å². The first-order chi connectivity index (χ1) is 3.29. The minimum atomic E-state index is 0.854. The maximum Gasteiger partial charge on any atom is -0.0196 e. The summed E-state index contributed by atoms with van der Waals surface area (Å²) in [4.78, 5) is 1.27. The molecule has 0 radical (unpaired) electrons. The Balaban J connectivity index is 2.42. The van der Waals surface area contributed by atoms with Gasteiger partial charge in [0.2, 0.25) is 0 Å². The lowest BCUT2D eigenvalue weighted by Crippen LogP contribution is -1.81. The lowest BCUT2D eigenvalue weighted by Gasteiger charge is -1.94. The summed E-state index contributed by atoms with van der Waals surface area (Å²) in [6, 6.07) is 0. The Bertz CT molecular complexity index is 94.4. The third-order valence-corrected chi connectivity index (χ3v) is 1.68. The molecule has 1 aliphatic rings. The standard InChI is InChI=1S/C6H10S/c1-5-2-3-6(7)4-5/h3,5,7H,2,4H2,1H3. The van der Waals surface area contributed by atoms with Crippen LogP contribution in [0.3, 0.4) is 0 Å². The van der Waals surface area contributed by atoms with E-state index in [-0.39, 0.29) is 0 Å². The Morgan fingerprint density at radius 1 is 1.86 bits per heavy atom. The Labute approximate surface area is 50.0 Å². The summed E-state index contributed by atoms with van der Waals surface area (Å²) in [5.74, 6) is 0.854. The molecule has 0 saturated carbocycles. The van der Waals surface area contributed by atoms with Gasteiger partial charge in [-0.05, 0) is 23.7 Å². The second-order valence-electron chi connectivity index (χ2n) is 2.24. The van der Waals surface area contributed by atoms with Crippen LogP contribution in [0.15, 0.2) is 11.0 Å². The summed E-state index contributed by atoms with van der Waals surface area (Å²) in [7, 11) is 0. The van der Waals surface area contributed by atoms with E-state index in [1.807, 2.05) is 0 Å². The van der Waals surface area contributed by atoms with Crippen LogP contribution >= 0.6 is 12.6 Å². The van der Waals surface area contributed by atoms with Gasteiger partial charge in [-0.25, -0.2) is 0 Å². The minimum absolute atomic E-state index is 0.854. The molecule has 1 aliphatic carbocycles. The first-order valence-corrected chi connectivity index (χ1v) is 3.12. The van der Waals surface area contributed by atoms with Gasteiger partial charge < -0.3 is 0 Å². The fraction of sp³-hybridized carbons (Fsp3) is 0.667. The predicted octanol–water partition coefficient (Wildman–Crippen LogP) is 2.23. The van der Waals surface area contributed by atoms with Crippen LogP contribution in [-0.2, 0) is 0 Å². The quantitative estimate of drug-likeness (QED) is 0.459. The van der Waals surface area contributed by atoms with Crippen LogP contribution in [0, 0.1) is 5.92 Å². The van der Waals surface area contributed by atoms with Crippen molar-refractivity contribution in [2.45, 2.75) is 19.8 Å². The summed E-state index contributed by atoms with van der Waals surface area (Å²) < 4.78 is 0. The summed E-state index contributed by atoms with van der Waals surface area (Å²) in [6.07, 6.45) is 4.63. The van der Waals surface area contributed by atoms with Gasteiger partial charge in [-0.3, -0.25) is 0 Å². The van der Waals surface area contributed by atoms with E-state index in [1.165, 1.54) is 17.7 Å². The average Bonchev–Trinajstić information content (AvgIpc) is 1.87. The van der Waals surface area contributed by atoms with Crippen molar-refractivity contribution in [1.82, 2.24) is 0 Å². The molecule has 0 aromatic heterocycles. The first kappa shape index (κ1) is 5.23. The molecule has 1 heteroatoms. The smallest absolute Gasteiger partial charge is 0.0196 e. The number of allylic oxidation sites excluding steroid dienone is 2. The summed E-state index contributed by atoms with van der Waals surface area (Å²) >= 11 is 4.21. The second kappa shape index (κ2) is 1.91. The molecular weight excluding hydrogens is 104 g/mol. The zero-order chi connectivity index (χ0) is 5.28. The molecule has 0 bridgehead atoms. The Morgan fingerprint density at radius 3 is 2.71 bits per heavy atom. The van der Waals surface area contributed by atoms with Crippen molar-refractivity contribution in [3.8, 4) is 0 Å². The molecule has 0 spiro atoms. The average molecular weight is 114 g/mol. The number of rotatable bonds is 0. The fourth-order valence-corrected chi connectivity index (χ4v) is 1.28. The molecule has 1 rings (SSSR count). The Kier molecular flexibility index (Phi) is 1.43. The van der Waals surface area contributed by atoms with E-state index < -0.39 is 0 Å². The third-order valence-electron chi connectivity index (χ3n) is 1.31. The molecule has 1 atom stereocenters. The van der Waals surface area contributed by atoms with Gasteiger partial charge >= 0.3 is 0 Å².